The van der Waals surface area contributed by atoms with E-state index in [-0.39, 0.29) is 22.4 Å². The van der Waals surface area contributed by atoms with Crippen LogP contribution in [-0.4, -0.2) is 27.5 Å². The smallest absolute Gasteiger partial charge is 0.261 e. The zero-order valence-corrected chi connectivity index (χ0v) is 17.6. The quantitative estimate of drug-likeness (QED) is 0.662. The van der Waals surface area contributed by atoms with Crippen LogP contribution >= 0.6 is 0 Å². The summed E-state index contributed by atoms with van der Waals surface area (Å²) in [6, 6.07) is 11.5. The summed E-state index contributed by atoms with van der Waals surface area (Å²) in [5.41, 5.74) is 1.82. The first-order valence-electron chi connectivity index (χ1n) is 9.37. The minimum absolute atomic E-state index is 0.00253. The molecule has 0 atom stereocenters. The third-order valence-electron chi connectivity index (χ3n) is 4.17. The predicted octanol–water partition coefficient (Wildman–Crippen LogP) is 3.98. The molecule has 0 aromatic heterocycles. The number of carbonyl (C=O) groups excluding carboxylic acids is 1. The van der Waals surface area contributed by atoms with E-state index in [4.69, 9.17) is 4.74 Å². The van der Waals surface area contributed by atoms with Crippen molar-refractivity contribution in [2.75, 3.05) is 11.8 Å². The number of unbranched alkanes of at least 4 members (excludes halogenated alkanes) is 1. The van der Waals surface area contributed by atoms with Gasteiger partial charge in [0.2, 0.25) is 0 Å². The summed E-state index contributed by atoms with van der Waals surface area (Å²) >= 11 is 0. The fraction of sp³-hybridized carbons (Fsp3) is 0.381. The topological polar surface area (TPSA) is 84.5 Å². The second kappa shape index (κ2) is 9.59. The van der Waals surface area contributed by atoms with Crippen LogP contribution in [0.25, 0.3) is 0 Å². The van der Waals surface area contributed by atoms with Crippen molar-refractivity contribution >= 4 is 21.6 Å². The predicted molar refractivity (Wildman–Crippen MR) is 111 cm³/mol. The zero-order chi connectivity index (χ0) is 20.7. The number of carbonyl (C=O) groups is 1. The molecule has 6 nitrogen and oxygen atoms in total. The van der Waals surface area contributed by atoms with Crippen molar-refractivity contribution in [2.24, 2.45) is 0 Å². The van der Waals surface area contributed by atoms with Gasteiger partial charge in [0.15, 0.2) is 0 Å². The van der Waals surface area contributed by atoms with Crippen LogP contribution in [0.2, 0.25) is 0 Å². The van der Waals surface area contributed by atoms with E-state index >= 15 is 0 Å². The Labute approximate surface area is 167 Å². The number of aryl methyl sites for hydroxylation is 1. The Hall–Kier alpha value is -2.54. The number of hydrogen-bond donors (Lipinski definition) is 2. The van der Waals surface area contributed by atoms with Crippen LogP contribution in [0, 0.1) is 0 Å². The van der Waals surface area contributed by atoms with Gasteiger partial charge < -0.3 is 10.1 Å². The van der Waals surface area contributed by atoms with Gasteiger partial charge in [-0.2, -0.15) is 0 Å². The maximum absolute atomic E-state index is 12.8. The van der Waals surface area contributed by atoms with Gasteiger partial charge in [-0.15, -0.1) is 0 Å². The number of amides is 1. The molecule has 0 aliphatic heterocycles. The maximum atomic E-state index is 12.8. The molecule has 7 heteroatoms. The van der Waals surface area contributed by atoms with Crippen LogP contribution in [0.1, 0.15) is 49.5 Å². The molecule has 0 fully saturated rings. The first-order valence-corrected chi connectivity index (χ1v) is 10.9. The summed E-state index contributed by atoms with van der Waals surface area (Å²) in [5.74, 6) is -0.0680. The Kier molecular flexibility index (Phi) is 7.45. The van der Waals surface area contributed by atoms with E-state index in [0.29, 0.717) is 11.4 Å². The van der Waals surface area contributed by atoms with Crippen molar-refractivity contribution in [3.05, 3.63) is 53.6 Å². The molecule has 152 valence electrons. The molecule has 2 N–H and O–H groups in total. The molecule has 0 unspecified atom stereocenters. The van der Waals surface area contributed by atoms with Gasteiger partial charge >= 0.3 is 0 Å². The Morgan fingerprint density at radius 2 is 1.79 bits per heavy atom. The van der Waals surface area contributed by atoms with Gasteiger partial charge in [0.05, 0.1) is 17.6 Å². The molecule has 0 saturated carbocycles. The molecule has 2 rings (SSSR count). The van der Waals surface area contributed by atoms with E-state index in [1.54, 1.807) is 12.1 Å². The van der Waals surface area contributed by atoms with Crippen molar-refractivity contribution < 1.29 is 17.9 Å². The number of rotatable bonds is 9. The maximum Gasteiger partial charge on any atom is 0.261 e. The highest BCUT2D eigenvalue weighted by Gasteiger charge is 2.20. The van der Waals surface area contributed by atoms with E-state index in [0.717, 1.165) is 19.3 Å². The highest BCUT2D eigenvalue weighted by Crippen LogP contribution is 2.24. The van der Waals surface area contributed by atoms with Crippen LogP contribution in [0.5, 0.6) is 5.75 Å². The molecule has 0 bridgehead atoms. The second-order valence-electron chi connectivity index (χ2n) is 6.90. The number of anilines is 1. The van der Waals surface area contributed by atoms with Crippen molar-refractivity contribution in [2.45, 2.75) is 51.0 Å². The molecular formula is C21H28N2O4S. The SMILES string of the molecule is CCCCc1ccc(NS(=O)(=O)c2ccc(OC)c(C(=O)NC(C)C)c2)cc1. The van der Waals surface area contributed by atoms with Crippen molar-refractivity contribution in [1.29, 1.82) is 0 Å². The van der Waals surface area contributed by atoms with Gasteiger partial charge in [-0.25, -0.2) is 8.42 Å². The Balaban J connectivity index is 2.26. The Morgan fingerprint density at radius 3 is 2.36 bits per heavy atom. The summed E-state index contributed by atoms with van der Waals surface area (Å²) in [6.07, 6.45) is 3.17. The van der Waals surface area contributed by atoms with Gasteiger partial charge in [0, 0.05) is 11.7 Å². The fourth-order valence-corrected chi connectivity index (χ4v) is 3.79. The number of methoxy groups -OCH3 is 1. The lowest BCUT2D eigenvalue weighted by Crippen LogP contribution is -2.30. The number of benzene rings is 2. The molecule has 2 aromatic rings. The van der Waals surface area contributed by atoms with E-state index in [2.05, 4.69) is 17.0 Å². The lowest BCUT2D eigenvalue weighted by molar-refractivity contribution is 0.0940. The Morgan fingerprint density at radius 1 is 1.11 bits per heavy atom. The summed E-state index contributed by atoms with van der Waals surface area (Å²) in [6.45, 7) is 5.79. The minimum atomic E-state index is -3.84. The lowest BCUT2D eigenvalue weighted by Gasteiger charge is -2.14. The van der Waals surface area contributed by atoms with E-state index in [1.165, 1.54) is 30.9 Å². The Bertz CT molecular complexity index is 907. The number of sulfonamides is 1. The van der Waals surface area contributed by atoms with Gasteiger partial charge in [-0.05, 0) is 62.6 Å². The van der Waals surface area contributed by atoms with Crippen LogP contribution in [0.15, 0.2) is 47.4 Å². The standard InChI is InChI=1S/C21H28N2O4S/c1-5-6-7-16-8-10-17(11-9-16)23-28(25,26)18-12-13-20(27-4)19(14-18)21(24)22-15(2)3/h8-15,23H,5-7H2,1-4H3,(H,22,24). The van der Waals surface area contributed by atoms with E-state index in [9.17, 15) is 13.2 Å². The minimum Gasteiger partial charge on any atom is -0.496 e. The highest BCUT2D eigenvalue weighted by atomic mass is 32.2. The summed E-state index contributed by atoms with van der Waals surface area (Å²) < 4.78 is 33.3. The normalized spacial score (nSPS) is 11.3. The van der Waals surface area contributed by atoms with Gasteiger partial charge in [0.1, 0.15) is 5.75 Å². The first kappa shape index (κ1) is 21.8. The molecule has 0 heterocycles. The van der Waals surface area contributed by atoms with E-state index in [1.807, 2.05) is 26.0 Å². The summed E-state index contributed by atoms with van der Waals surface area (Å²) in [4.78, 5) is 12.4. The fourth-order valence-electron chi connectivity index (χ4n) is 2.71. The molecular weight excluding hydrogens is 376 g/mol. The second-order valence-corrected chi connectivity index (χ2v) is 8.58. The van der Waals surface area contributed by atoms with Crippen LogP contribution in [-0.2, 0) is 16.4 Å². The third-order valence-corrected chi connectivity index (χ3v) is 5.55. The van der Waals surface area contributed by atoms with E-state index < -0.39 is 10.0 Å². The molecule has 0 aliphatic rings. The average Bonchev–Trinajstić information content (AvgIpc) is 2.66. The van der Waals surface area contributed by atoms with Crippen LogP contribution in [0.3, 0.4) is 0 Å². The van der Waals surface area contributed by atoms with Gasteiger partial charge in [0.25, 0.3) is 15.9 Å². The third kappa shape index (κ3) is 5.73. The molecule has 0 aliphatic carbocycles. The zero-order valence-electron chi connectivity index (χ0n) is 16.8. The number of ether oxygens (including phenoxy) is 1. The summed E-state index contributed by atoms with van der Waals surface area (Å²) in [5, 5.41) is 2.75. The van der Waals surface area contributed by atoms with Crippen molar-refractivity contribution in [1.82, 2.24) is 5.32 Å². The highest BCUT2D eigenvalue weighted by molar-refractivity contribution is 7.92. The van der Waals surface area contributed by atoms with Gasteiger partial charge in [-0.3, -0.25) is 9.52 Å². The molecule has 0 spiro atoms. The number of nitrogens with one attached hydrogen (secondary N) is 2. The van der Waals surface area contributed by atoms with Gasteiger partial charge in [-0.1, -0.05) is 25.5 Å². The molecule has 28 heavy (non-hydrogen) atoms. The number of hydrogen-bond acceptors (Lipinski definition) is 4. The molecule has 0 radical (unpaired) electrons. The van der Waals surface area contributed by atoms with Crippen molar-refractivity contribution in [3.8, 4) is 5.75 Å². The van der Waals surface area contributed by atoms with Crippen LogP contribution < -0.4 is 14.8 Å². The summed E-state index contributed by atoms with van der Waals surface area (Å²) in [7, 11) is -2.40. The molecule has 1 amide bonds. The molecule has 2 aromatic carbocycles. The first-order chi connectivity index (χ1) is 13.3. The van der Waals surface area contributed by atoms with Crippen molar-refractivity contribution in [3.63, 3.8) is 0 Å². The average molecular weight is 405 g/mol. The largest absolute Gasteiger partial charge is 0.496 e. The van der Waals surface area contributed by atoms with Crippen LogP contribution in [0.4, 0.5) is 5.69 Å². The lowest BCUT2D eigenvalue weighted by atomic mass is 10.1. The molecule has 0 saturated heterocycles. The monoisotopic (exact) mass is 404 g/mol.